The molecule has 0 fully saturated rings. The number of hydrogen-bond acceptors (Lipinski definition) is 5. The lowest BCUT2D eigenvalue weighted by atomic mass is 10.1. The number of aromatic nitrogens is 3. The van der Waals surface area contributed by atoms with Crippen LogP contribution in [-0.2, 0) is 6.54 Å². The van der Waals surface area contributed by atoms with Crippen LogP contribution in [0, 0.1) is 5.82 Å². The molecule has 5 nitrogen and oxygen atoms in total. The van der Waals surface area contributed by atoms with Gasteiger partial charge >= 0.3 is 0 Å². The molecule has 1 atom stereocenters. The minimum absolute atomic E-state index is 0.301. The molecule has 3 aromatic rings. The summed E-state index contributed by atoms with van der Waals surface area (Å²) >= 11 is 1.70. The average molecular weight is 345 g/mol. The topological polar surface area (TPSA) is 46.0 Å². The van der Waals surface area contributed by atoms with Crippen molar-refractivity contribution in [1.29, 1.82) is 0 Å². The number of halogens is 1. The van der Waals surface area contributed by atoms with Crippen LogP contribution in [0.4, 0.5) is 4.39 Å². The van der Waals surface area contributed by atoms with Crippen molar-refractivity contribution in [2.45, 2.75) is 12.6 Å². The summed E-state index contributed by atoms with van der Waals surface area (Å²) in [6.45, 7) is 1.42. The highest BCUT2D eigenvalue weighted by atomic mass is 32.1. The molecule has 0 aliphatic rings. The van der Waals surface area contributed by atoms with Gasteiger partial charge in [0, 0.05) is 19.1 Å². The second-order valence-corrected chi connectivity index (χ2v) is 6.57. The van der Waals surface area contributed by atoms with Gasteiger partial charge in [0.05, 0.1) is 0 Å². The van der Waals surface area contributed by atoms with E-state index in [-0.39, 0.29) is 5.82 Å². The Kier molecular flexibility index (Phi) is 5.34. The maximum absolute atomic E-state index is 14.2. The van der Waals surface area contributed by atoms with Crippen LogP contribution in [-0.4, -0.2) is 40.3 Å². The minimum Gasteiger partial charge on any atom is -0.311 e. The van der Waals surface area contributed by atoms with Gasteiger partial charge in [-0.25, -0.2) is 14.1 Å². The maximum Gasteiger partial charge on any atom is 0.149 e. The molecule has 0 saturated carbocycles. The molecule has 0 aliphatic carbocycles. The van der Waals surface area contributed by atoms with Crippen LogP contribution in [0.3, 0.4) is 0 Å². The van der Waals surface area contributed by atoms with E-state index in [4.69, 9.17) is 0 Å². The molecule has 1 aromatic carbocycles. The lowest BCUT2D eigenvalue weighted by molar-refractivity contribution is 0.289. The third-order valence-corrected chi connectivity index (χ3v) is 4.60. The lowest BCUT2D eigenvalue weighted by Gasteiger charge is -2.24. The summed E-state index contributed by atoms with van der Waals surface area (Å²) in [4.78, 5) is 6.02. The van der Waals surface area contributed by atoms with Crippen molar-refractivity contribution in [1.82, 2.24) is 25.0 Å². The highest BCUT2D eigenvalue weighted by molar-refractivity contribution is 7.07. The van der Waals surface area contributed by atoms with E-state index in [0.717, 1.165) is 12.1 Å². The van der Waals surface area contributed by atoms with E-state index in [1.165, 1.54) is 22.9 Å². The van der Waals surface area contributed by atoms with E-state index in [1.54, 1.807) is 23.5 Å². The van der Waals surface area contributed by atoms with E-state index in [9.17, 15) is 4.39 Å². The summed E-state index contributed by atoms with van der Waals surface area (Å²) in [5.74, 6) is -0.304. The largest absolute Gasteiger partial charge is 0.311 e. The molecule has 0 aliphatic heterocycles. The number of rotatable bonds is 7. The Morgan fingerprint density at radius 1 is 1.33 bits per heavy atom. The average Bonchev–Trinajstić information content (AvgIpc) is 3.24. The zero-order valence-corrected chi connectivity index (χ0v) is 14.5. The van der Waals surface area contributed by atoms with E-state index in [2.05, 4.69) is 51.2 Å². The minimum atomic E-state index is -0.304. The summed E-state index contributed by atoms with van der Waals surface area (Å²) in [5.41, 5.74) is 2.60. The molecule has 126 valence electrons. The molecule has 7 heteroatoms. The third-order valence-electron chi connectivity index (χ3n) is 3.90. The molecule has 0 saturated heterocycles. The Balaban J connectivity index is 1.61. The fourth-order valence-corrected chi connectivity index (χ4v) is 3.30. The predicted molar refractivity (Wildman–Crippen MR) is 93.8 cm³/mol. The number of nitrogens with zero attached hydrogens (tertiary/aromatic N) is 4. The van der Waals surface area contributed by atoms with Crippen LogP contribution in [0.25, 0.3) is 5.69 Å². The second kappa shape index (κ2) is 7.65. The molecular weight excluding hydrogens is 325 g/mol. The van der Waals surface area contributed by atoms with Gasteiger partial charge in [-0.2, -0.15) is 16.4 Å². The standard InChI is InChI=1S/C17H20FN5S/c1-22(2)17(14-5-6-24-10-14)9-19-8-13-3-4-16(15(18)7-13)23-12-20-11-21-23/h3-7,10-12,17,19H,8-9H2,1-2H3/t17-/m0/s1. The number of likely N-dealkylation sites (N-methyl/N-ethyl adjacent to an activating group) is 1. The van der Waals surface area contributed by atoms with Crippen LogP contribution in [0.5, 0.6) is 0 Å². The molecule has 3 rings (SSSR count). The fraction of sp³-hybridized carbons (Fsp3) is 0.294. The van der Waals surface area contributed by atoms with Crippen molar-refractivity contribution in [3.63, 3.8) is 0 Å². The smallest absolute Gasteiger partial charge is 0.149 e. The van der Waals surface area contributed by atoms with Crippen molar-refractivity contribution in [2.75, 3.05) is 20.6 Å². The van der Waals surface area contributed by atoms with E-state index < -0.39 is 0 Å². The summed E-state index contributed by atoms with van der Waals surface area (Å²) < 4.78 is 15.6. The number of thiophene rings is 1. The van der Waals surface area contributed by atoms with Gasteiger partial charge in [-0.05, 0) is 54.2 Å². The van der Waals surface area contributed by atoms with Crippen LogP contribution in [0.2, 0.25) is 0 Å². The van der Waals surface area contributed by atoms with Crippen molar-refractivity contribution >= 4 is 11.3 Å². The van der Waals surface area contributed by atoms with Gasteiger partial charge in [0.15, 0.2) is 0 Å². The monoisotopic (exact) mass is 345 g/mol. The van der Waals surface area contributed by atoms with Crippen LogP contribution < -0.4 is 5.32 Å². The Bertz CT molecular complexity index is 755. The predicted octanol–water partition coefficient (Wildman–Crippen LogP) is 2.86. The molecule has 0 unspecified atom stereocenters. The Morgan fingerprint density at radius 3 is 2.83 bits per heavy atom. The summed E-state index contributed by atoms with van der Waals surface area (Å²) in [7, 11) is 4.13. The van der Waals surface area contributed by atoms with Gasteiger partial charge in [0.2, 0.25) is 0 Å². The maximum atomic E-state index is 14.2. The first-order valence-electron chi connectivity index (χ1n) is 7.68. The van der Waals surface area contributed by atoms with Gasteiger partial charge in [0.1, 0.15) is 24.2 Å². The second-order valence-electron chi connectivity index (χ2n) is 5.79. The molecule has 0 spiro atoms. The first-order valence-corrected chi connectivity index (χ1v) is 8.62. The summed E-state index contributed by atoms with van der Waals surface area (Å²) in [6, 6.07) is 7.62. The molecule has 0 bridgehead atoms. The van der Waals surface area contributed by atoms with E-state index >= 15 is 0 Å². The SMILES string of the molecule is CN(C)[C@@H](CNCc1ccc(-n2cncn2)c(F)c1)c1ccsc1. The molecule has 24 heavy (non-hydrogen) atoms. The Hall–Kier alpha value is -2.09. The van der Waals surface area contributed by atoms with Crippen molar-refractivity contribution < 1.29 is 4.39 Å². The van der Waals surface area contributed by atoms with Crippen LogP contribution >= 0.6 is 11.3 Å². The van der Waals surface area contributed by atoms with Crippen molar-refractivity contribution in [3.05, 3.63) is 64.6 Å². The summed E-state index contributed by atoms with van der Waals surface area (Å²) in [5, 5.41) is 11.6. The number of nitrogens with one attached hydrogen (secondary N) is 1. The molecule has 2 aromatic heterocycles. The molecule has 2 heterocycles. The molecular formula is C17H20FN5S. The first-order chi connectivity index (χ1) is 11.6. The van der Waals surface area contributed by atoms with Crippen LogP contribution in [0.1, 0.15) is 17.2 Å². The van der Waals surface area contributed by atoms with Gasteiger partial charge in [-0.15, -0.1) is 0 Å². The highest BCUT2D eigenvalue weighted by Crippen LogP contribution is 2.20. The summed E-state index contributed by atoms with van der Waals surface area (Å²) in [6.07, 6.45) is 2.87. The fourth-order valence-electron chi connectivity index (χ4n) is 2.60. The Labute approximate surface area is 144 Å². The molecule has 0 radical (unpaired) electrons. The van der Waals surface area contributed by atoms with Crippen LogP contribution in [0.15, 0.2) is 47.7 Å². The van der Waals surface area contributed by atoms with Gasteiger partial charge < -0.3 is 10.2 Å². The molecule has 1 N–H and O–H groups in total. The van der Waals surface area contributed by atoms with Crippen molar-refractivity contribution in [2.24, 2.45) is 0 Å². The van der Waals surface area contributed by atoms with E-state index in [1.807, 2.05) is 6.07 Å². The quantitative estimate of drug-likeness (QED) is 0.715. The van der Waals surface area contributed by atoms with E-state index in [0.29, 0.717) is 18.3 Å². The first kappa shape index (κ1) is 16.8. The number of benzene rings is 1. The Morgan fingerprint density at radius 2 is 2.21 bits per heavy atom. The van der Waals surface area contributed by atoms with Crippen molar-refractivity contribution in [3.8, 4) is 5.69 Å². The van der Waals surface area contributed by atoms with Gasteiger partial charge in [-0.3, -0.25) is 0 Å². The zero-order valence-electron chi connectivity index (χ0n) is 13.7. The van der Waals surface area contributed by atoms with Gasteiger partial charge in [0.25, 0.3) is 0 Å². The highest BCUT2D eigenvalue weighted by Gasteiger charge is 2.14. The zero-order chi connectivity index (χ0) is 16.9. The number of hydrogen-bond donors (Lipinski definition) is 1. The normalized spacial score (nSPS) is 12.7. The van der Waals surface area contributed by atoms with Gasteiger partial charge in [-0.1, -0.05) is 6.07 Å². The third kappa shape index (κ3) is 3.87. The lowest BCUT2D eigenvalue weighted by Crippen LogP contribution is -2.30. The molecule has 0 amide bonds.